The molecule has 4 aromatic rings. The van der Waals surface area contributed by atoms with E-state index in [0.29, 0.717) is 13.1 Å². The molecule has 2 aliphatic heterocycles. The summed E-state index contributed by atoms with van der Waals surface area (Å²) >= 11 is 1.53. The third kappa shape index (κ3) is 3.96. The summed E-state index contributed by atoms with van der Waals surface area (Å²) in [6.07, 6.45) is 1.74. The second-order valence-electron chi connectivity index (χ2n) is 9.73. The van der Waals surface area contributed by atoms with E-state index in [-0.39, 0.29) is 11.3 Å². The third-order valence-electron chi connectivity index (χ3n) is 7.61. The maximum atomic E-state index is 13.8. The Morgan fingerprint density at radius 3 is 2.56 bits per heavy atom. The van der Waals surface area contributed by atoms with Gasteiger partial charge in [-0.2, -0.15) is 0 Å². The highest BCUT2D eigenvalue weighted by Crippen LogP contribution is 2.49. The lowest BCUT2D eigenvalue weighted by Crippen LogP contribution is -2.45. The molecule has 0 aliphatic carbocycles. The lowest BCUT2D eigenvalue weighted by Gasteiger charge is -2.40. The van der Waals surface area contributed by atoms with Crippen molar-refractivity contribution in [3.8, 4) is 5.75 Å². The van der Waals surface area contributed by atoms with Crippen molar-refractivity contribution in [2.45, 2.75) is 24.8 Å². The van der Waals surface area contributed by atoms with Gasteiger partial charge in [-0.15, -0.1) is 11.3 Å². The van der Waals surface area contributed by atoms with Crippen molar-refractivity contribution in [3.05, 3.63) is 94.4 Å². The Balaban J connectivity index is 1.27. The molecule has 0 saturated carbocycles. The summed E-state index contributed by atoms with van der Waals surface area (Å²) in [6.45, 7) is 2.81. The van der Waals surface area contributed by atoms with Gasteiger partial charge in [-0.3, -0.25) is 9.69 Å². The summed E-state index contributed by atoms with van der Waals surface area (Å²) in [5.41, 5.74) is 2.71. The van der Waals surface area contributed by atoms with E-state index >= 15 is 0 Å². The number of hydrogen-bond donors (Lipinski definition) is 0. The second-order valence-corrected chi connectivity index (χ2v) is 10.8. The third-order valence-corrected chi connectivity index (χ3v) is 8.72. The van der Waals surface area contributed by atoms with E-state index in [2.05, 4.69) is 11.0 Å². The molecule has 0 unspecified atom stereocenters. The van der Waals surface area contributed by atoms with Gasteiger partial charge in [0, 0.05) is 28.9 Å². The van der Waals surface area contributed by atoms with Crippen molar-refractivity contribution in [3.63, 3.8) is 0 Å². The van der Waals surface area contributed by atoms with Gasteiger partial charge in [0.15, 0.2) is 11.6 Å². The van der Waals surface area contributed by atoms with Crippen LogP contribution in [-0.2, 0) is 12.0 Å². The van der Waals surface area contributed by atoms with Gasteiger partial charge >= 0.3 is 0 Å². The molecular weight excluding hydrogens is 478 g/mol. The van der Waals surface area contributed by atoms with Crippen LogP contribution in [0, 0.1) is 11.6 Å². The van der Waals surface area contributed by atoms with Crippen molar-refractivity contribution in [1.29, 1.82) is 0 Å². The fraction of sp³-hybridized carbons (Fsp3) is 0.276. The second kappa shape index (κ2) is 8.98. The van der Waals surface area contributed by atoms with E-state index in [1.165, 1.54) is 23.5 Å². The highest BCUT2D eigenvalue weighted by atomic mass is 32.1. The number of anilines is 1. The maximum Gasteiger partial charge on any atom is 0.268 e. The van der Waals surface area contributed by atoms with Crippen LogP contribution in [0.2, 0.25) is 0 Å². The molecule has 184 valence electrons. The summed E-state index contributed by atoms with van der Waals surface area (Å²) in [6, 6.07) is 20.2. The average molecular weight is 505 g/mol. The lowest BCUT2D eigenvalue weighted by molar-refractivity contribution is 0.0979. The Morgan fingerprint density at radius 2 is 1.81 bits per heavy atom. The number of benzene rings is 3. The number of carbonyl (C=O) groups excluding carboxylic acids is 1. The highest BCUT2D eigenvalue weighted by molar-refractivity contribution is 7.20. The highest BCUT2D eigenvalue weighted by Gasteiger charge is 2.47. The van der Waals surface area contributed by atoms with Crippen LogP contribution in [0.4, 0.5) is 14.5 Å². The standard InChI is InChI=1S/C29H26F2N2O2S/c1-35-21-7-9-25-22(16-21)29(10-12-32(13-11-29)17-19-6-8-23(30)24(31)14-19)18-33(25)28(34)27-15-20-4-2-3-5-26(20)36-27/h2-9,14-16H,10-13,17-18H2,1H3. The predicted molar refractivity (Wildman–Crippen MR) is 139 cm³/mol. The van der Waals surface area contributed by atoms with Gasteiger partial charge in [-0.05, 0) is 84.9 Å². The number of rotatable bonds is 4. The number of fused-ring (bicyclic) bond motifs is 3. The number of piperidine rings is 1. The minimum absolute atomic E-state index is 0.0312. The van der Waals surface area contributed by atoms with Gasteiger partial charge in [-0.25, -0.2) is 8.78 Å². The molecule has 1 amide bonds. The van der Waals surface area contributed by atoms with Crippen molar-refractivity contribution in [2.24, 2.45) is 0 Å². The number of hydrogen-bond acceptors (Lipinski definition) is 4. The van der Waals surface area contributed by atoms with Crippen molar-refractivity contribution >= 4 is 33.0 Å². The summed E-state index contributed by atoms with van der Waals surface area (Å²) in [4.78, 5) is 18.7. The molecule has 7 heteroatoms. The zero-order chi connectivity index (χ0) is 24.9. The summed E-state index contributed by atoms with van der Waals surface area (Å²) in [5, 5.41) is 1.08. The normalized spacial score (nSPS) is 17.0. The lowest BCUT2D eigenvalue weighted by atomic mass is 9.74. The molecule has 3 aromatic carbocycles. The smallest absolute Gasteiger partial charge is 0.268 e. The number of carbonyl (C=O) groups is 1. The van der Waals surface area contributed by atoms with Gasteiger partial charge in [0.2, 0.25) is 0 Å². The van der Waals surface area contributed by atoms with Crippen LogP contribution in [0.3, 0.4) is 0 Å². The Labute approximate surface area is 212 Å². The van der Waals surface area contributed by atoms with Crippen LogP contribution in [0.25, 0.3) is 10.1 Å². The van der Waals surface area contributed by atoms with Crippen LogP contribution >= 0.6 is 11.3 Å². The fourth-order valence-electron chi connectivity index (χ4n) is 5.64. The Kier molecular flexibility index (Phi) is 5.77. The van der Waals surface area contributed by atoms with Gasteiger partial charge < -0.3 is 9.64 Å². The number of likely N-dealkylation sites (tertiary alicyclic amines) is 1. The van der Waals surface area contributed by atoms with Crippen LogP contribution in [0.5, 0.6) is 5.75 Å². The number of ether oxygens (including phenoxy) is 1. The van der Waals surface area contributed by atoms with Crippen LogP contribution < -0.4 is 9.64 Å². The zero-order valence-corrected chi connectivity index (χ0v) is 20.8. The van der Waals surface area contributed by atoms with E-state index in [4.69, 9.17) is 4.74 Å². The SMILES string of the molecule is COc1ccc2c(c1)C1(CCN(Cc3ccc(F)c(F)c3)CC1)CN2C(=O)c1cc2ccccc2s1. The molecule has 6 rings (SSSR count). The minimum atomic E-state index is -0.823. The number of thiophene rings is 1. The van der Waals surface area contributed by atoms with Gasteiger partial charge in [0.25, 0.3) is 5.91 Å². The topological polar surface area (TPSA) is 32.8 Å². The van der Waals surface area contributed by atoms with Crippen LogP contribution in [0.1, 0.15) is 33.6 Å². The molecule has 1 fully saturated rings. The summed E-state index contributed by atoms with van der Waals surface area (Å²) in [5.74, 6) is -0.818. The molecule has 1 spiro atoms. The molecule has 1 saturated heterocycles. The largest absolute Gasteiger partial charge is 0.497 e. The first-order valence-corrected chi connectivity index (χ1v) is 12.9. The first kappa shape index (κ1) is 23.1. The Hall–Kier alpha value is -3.29. The quantitative estimate of drug-likeness (QED) is 0.323. The Bertz CT molecular complexity index is 1430. The van der Waals surface area contributed by atoms with Crippen LogP contribution in [0.15, 0.2) is 66.7 Å². The molecule has 1 aromatic heterocycles. The van der Waals surface area contributed by atoms with E-state index in [0.717, 1.165) is 63.5 Å². The summed E-state index contributed by atoms with van der Waals surface area (Å²) < 4.78 is 33.7. The molecule has 0 bridgehead atoms. The van der Waals surface area contributed by atoms with E-state index < -0.39 is 11.6 Å². The Morgan fingerprint density at radius 1 is 1.00 bits per heavy atom. The first-order chi connectivity index (χ1) is 17.5. The minimum Gasteiger partial charge on any atom is -0.497 e. The maximum absolute atomic E-state index is 13.8. The molecular formula is C29H26F2N2O2S. The fourth-order valence-corrected chi connectivity index (χ4v) is 6.65. The van der Waals surface area contributed by atoms with E-state index in [1.54, 1.807) is 13.2 Å². The molecule has 2 aliphatic rings. The average Bonchev–Trinajstić information content (AvgIpc) is 3.47. The molecule has 4 nitrogen and oxygen atoms in total. The van der Waals surface area contributed by atoms with Crippen LogP contribution in [-0.4, -0.2) is 37.6 Å². The van der Waals surface area contributed by atoms with E-state index in [9.17, 15) is 13.6 Å². The first-order valence-electron chi connectivity index (χ1n) is 12.1. The van der Waals surface area contributed by atoms with Gasteiger partial charge in [0.1, 0.15) is 5.75 Å². The van der Waals surface area contributed by atoms with Gasteiger partial charge in [-0.1, -0.05) is 24.3 Å². The molecule has 0 atom stereocenters. The molecule has 0 N–H and O–H groups in total. The number of amides is 1. The van der Waals surface area contributed by atoms with Gasteiger partial charge in [0.05, 0.1) is 12.0 Å². The predicted octanol–water partition coefficient (Wildman–Crippen LogP) is 6.38. The van der Waals surface area contributed by atoms with Crippen molar-refractivity contribution in [2.75, 3.05) is 31.6 Å². The summed E-state index contributed by atoms with van der Waals surface area (Å²) in [7, 11) is 1.66. The van der Waals surface area contributed by atoms with E-state index in [1.807, 2.05) is 47.4 Å². The molecule has 36 heavy (non-hydrogen) atoms. The molecule has 3 heterocycles. The van der Waals surface area contributed by atoms with Crippen molar-refractivity contribution in [1.82, 2.24) is 4.90 Å². The number of halogens is 2. The molecule has 0 radical (unpaired) electrons. The zero-order valence-electron chi connectivity index (χ0n) is 20.0. The van der Waals surface area contributed by atoms with Crippen molar-refractivity contribution < 1.29 is 18.3 Å². The monoisotopic (exact) mass is 504 g/mol. The number of methoxy groups -OCH3 is 1. The number of nitrogens with zero attached hydrogens (tertiary/aromatic N) is 2.